The lowest BCUT2D eigenvalue weighted by Gasteiger charge is -2.31. The number of carboxylic acids is 1. The van der Waals surface area contributed by atoms with Gasteiger partial charge in [0.05, 0.1) is 12.5 Å². The summed E-state index contributed by atoms with van der Waals surface area (Å²) in [6, 6.07) is 7.15. The predicted octanol–water partition coefficient (Wildman–Crippen LogP) is 2.16. The molecule has 2 amide bonds. The Balaban J connectivity index is 2.02. The van der Waals surface area contributed by atoms with Crippen molar-refractivity contribution in [3.63, 3.8) is 0 Å². The lowest BCUT2D eigenvalue weighted by molar-refractivity contribution is -0.143. The van der Waals surface area contributed by atoms with E-state index in [2.05, 4.69) is 5.32 Å². The number of methoxy groups -OCH3 is 1. The molecule has 21 heavy (non-hydrogen) atoms. The van der Waals surface area contributed by atoms with Gasteiger partial charge in [-0.05, 0) is 18.9 Å². The van der Waals surface area contributed by atoms with Crippen molar-refractivity contribution in [2.45, 2.75) is 19.4 Å². The molecule has 0 aliphatic carbocycles. The highest BCUT2D eigenvalue weighted by molar-refractivity contribution is 5.90. The third kappa shape index (κ3) is 3.95. The topological polar surface area (TPSA) is 78.9 Å². The van der Waals surface area contributed by atoms with Crippen LogP contribution in [0, 0.1) is 5.92 Å². The molecule has 0 saturated carbocycles. The smallest absolute Gasteiger partial charge is 0.321 e. The van der Waals surface area contributed by atoms with Crippen LogP contribution >= 0.6 is 0 Å². The van der Waals surface area contributed by atoms with Crippen LogP contribution in [0.5, 0.6) is 0 Å². The number of likely N-dealkylation sites (tertiary alicyclic amines) is 1. The van der Waals surface area contributed by atoms with Crippen LogP contribution in [-0.2, 0) is 16.1 Å². The number of benzene rings is 1. The van der Waals surface area contributed by atoms with E-state index in [0.29, 0.717) is 31.7 Å². The molecule has 1 aromatic carbocycles. The Kier molecular flexibility index (Phi) is 5.16. The van der Waals surface area contributed by atoms with Crippen LogP contribution in [0.2, 0.25) is 0 Å². The summed E-state index contributed by atoms with van der Waals surface area (Å²) in [6.45, 7) is 1.25. The predicted molar refractivity (Wildman–Crippen MR) is 78.1 cm³/mol. The molecule has 2 rings (SSSR count). The van der Waals surface area contributed by atoms with E-state index in [-0.39, 0.29) is 12.6 Å². The number of urea groups is 1. The highest BCUT2D eigenvalue weighted by Gasteiger charge is 2.28. The summed E-state index contributed by atoms with van der Waals surface area (Å²) in [7, 11) is 1.60. The highest BCUT2D eigenvalue weighted by Crippen LogP contribution is 2.20. The fourth-order valence-electron chi connectivity index (χ4n) is 2.48. The molecule has 1 atom stereocenters. The van der Waals surface area contributed by atoms with Crippen molar-refractivity contribution in [1.29, 1.82) is 0 Å². The van der Waals surface area contributed by atoms with Crippen molar-refractivity contribution in [3.8, 4) is 0 Å². The fraction of sp³-hybridized carbons (Fsp3) is 0.467. The first-order chi connectivity index (χ1) is 10.1. The van der Waals surface area contributed by atoms with E-state index >= 15 is 0 Å². The first kappa shape index (κ1) is 15.3. The third-order valence-corrected chi connectivity index (χ3v) is 3.62. The number of carbonyl (C=O) groups excluding carboxylic acids is 1. The molecule has 0 spiro atoms. The van der Waals surface area contributed by atoms with Crippen molar-refractivity contribution in [2.24, 2.45) is 5.92 Å². The van der Waals surface area contributed by atoms with Gasteiger partial charge in [0.1, 0.15) is 0 Å². The molecule has 6 heteroatoms. The average Bonchev–Trinajstić information content (AvgIpc) is 2.49. The number of rotatable bonds is 4. The van der Waals surface area contributed by atoms with Crippen molar-refractivity contribution >= 4 is 17.7 Å². The molecule has 0 bridgehead atoms. The summed E-state index contributed by atoms with van der Waals surface area (Å²) < 4.78 is 5.10. The minimum absolute atomic E-state index is 0.258. The molecule has 0 unspecified atom stereocenters. The van der Waals surface area contributed by atoms with Gasteiger partial charge < -0.3 is 20.1 Å². The number of anilines is 1. The first-order valence-electron chi connectivity index (χ1n) is 6.97. The highest BCUT2D eigenvalue weighted by atomic mass is 16.5. The van der Waals surface area contributed by atoms with Crippen LogP contribution in [0.1, 0.15) is 18.4 Å². The van der Waals surface area contributed by atoms with Crippen molar-refractivity contribution in [3.05, 3.63) is 29.8 Å². The minimum Gasteiger partial charge on any atom is -0.481 e. The molecule has 1 saturated heterocycles. The zero-order valence-electron chi connectivity index (χ0n) is 12.0. The lowest BCUT2D eigenvalue weighted by Crippen LogP contribution is -2.44. The quantitative estimate of drug-likeness (QED) is 0.891. The summed E-state index contributed by atoms with van der Waals surface area (Å²) in [5.41, 5.74) is 1.59. The zero-order valence-corrected chi connectivity index (χ0v) is 12.0. The molecular weight excluding hydrogens is 272 g/mol. The van der Waals surface area contributed by atoms with E-state index < -0.39 is 11.9 Å². The summed E-state index contributed by atoms with van der Waals surface area (Å²) in [4.78, 5) is 24.9. The Morgan fingerprint density at radius 3 is 2.90 bits per heavy atom. The number of para-hydroxylation sites is 1. The van der Waals surface area contributed by atoms with Gasteiger partial charge in [-0.15, -0.1) is 0 Å². The van der Waals surface area contributed by atoms with Gasteiger partial charge in [0.2, 0.25) is 0 Å². The number of aliphatic carboxylic acids is 1. The molecule has 114 valence electrons. The summed E-state index contributed by atoms with van der Waals surface area (Å²) >= 11 is 0. The lowest BCUT2D eigenvalue weighted by atomic mass is 9.99. The second kappa shape index (κ2) is 7.08. The Morgan fingerprint density at radius 2 is 2.19 bits per heavy atom. The van der Waals surface area contributed by atoms with Gasteiger partial charge in [-0.25, -0.2) is 4.79 Å². The molecule has 1 aliphatic heterocycles. The maximum Gasteiger partial charge on any atom is 0.321 e. The van der Waals surface area contributed by atoms with Gasteiger partial charge in [-0.1, -0.05) is 18.2 Å². The Morgan fingerprint density at radius 1 is 1.43 bits per heavy atom. The SMILES string of the molecule is COCc1ccccc1NC(=O)N1CCC[C@@H](C(=O)O)C1. The van der Waals surface area contributed by atoms with E-state index in [9.17, 15) is 9.59 Å². The van der Waals surface area contributed by atoms with E-state index in [1.807, 2.05) is 24.3 Å². The number of nitrogens with zero attached hydrogens (tertiary/aromatic N) is 1. The number of ether oxygens (including phenoxy) is 1. The maximum atomic E-state index is 12.3. The van der Waals surface area contributed by atoms with Gasteiger partial charge in [0.25, 0.3) is 0 Å². The van der Waals surface area contributed by atoms with Crippen molar-refractivity contribution in [1.82, 2.24) is 4.90 Å². The van der Waals surface area contributed by atoms with Gasteiger partial charge >= 0.3 is 12.0 Å². The molecule has 2 N–H and O–H groups in total. The number of nitrogens with one attached hydrogen (secondary N) is 1. The number of hydrogen-bond donors (Lipinski definition) is 2. The van der Waals surface area contributed by atoms with Gasteiger partial charge in [-0.3, -0.25) is 4.79 Å². The Bertz CT molecular complexity index is 518. The second-order valence-electron chi connectivity index (χ2n) is 5.14. The molecule has 0 aromatic heterocycles. The molecule has 1 fully saturated rings. The molecule has 6 nitrogen and oxygen atoms in total. The van der Waals surface area contributed by atoms with Crippen LogP contribution in [0.4, 0.5) is 10.5 Å². The van der Waals surface area contributed by atoms with E-state index in [1.165, 1.54) is 0 Å². The van der Waals surface area contributed by atoms with Crippen LogP contribution in [0.25, 0.3) is 0 Å². The normalized spacial score (nSPS) is 18.3. The summed E-state index contributed by atoms with van der Waals surface area (Å²) in [5.74, 6) is -1.31. The van der Waals surface area contributed by atoms with Gasteiger partial charge in [-0.2, -0.15) is 0 Å². The largest absolute Gasteiger partial charge is 0.481 e. The van der Waals surface area contributed by atoms with Crippen LogP contribution in [0.15, 0.2) is 24.3 Å². The molecule has 1 aliphatic rings. The zero-order chi connectivity index (χ0) is 15.2. The number of piperidine rings is 1. The molecule has 1 heterocycles. The van der Waals surface area contributed by atoms with Crippen molar-refractivity contribution in [2.75, 3.05) is 25.5 Å². The third-order valence-electron chi connectivity index (χ3n) is 3.62. The van der Waals surface area contributed by atoms with Gasteiger partial charge in [0, 0.05) is 31.5 Å². The van der Waals surface area contributed by atoms with E-state index in [4.69, 9.17) is 9.84 Å². The first-order valence-corrected chi connectivity index (χ1v) is 6.97. The molecule has 1 aromatic rings. The maximum absolute atomic E-state index is 12.3. The number of carboxylic acid groups (broad SMARTS) is 1. The molecular formula is C15H20N2O4. The number of amides is 2. The Labute approximate surface area is 123 Å². The number of hydrogen-bond acceptors (Lipinski definition) is 3. The standard InChI is InChI=1S/C15H20N2O4/c1-21-10-12-5-2-3-7-13(12)16-15(20)17-8-4-6-11(9-17)14(18)19/h2-3,5,7,11H,4,6,8-10H2,1H3,(H,16,20)(H,18,19)/t11-/m1/s1. The fourth-order valence-corrected chi connectivity index (χ4v) is 2.48. The van der Waals surface area contributed by atoms with Crippen molar-refractivity contribution < 1.29 is 19.4 Å². The molecule has 0 radical (unpaired) electrons. The summed E-state index contributed by atoms with van der Waals surface area (Å²) in [5, 5.41) is 11.9. The minimum atomic E-state index is -0.840. The van der Waals surface area contributed by atoms with Gasteiger partial charge in [0.15, 0.2) is 0 Å². The van der Waals surface area contributed by atoms with E-state index in [1.54, 1.807) is 12.0 Å². The number of carbonyl (C=O) groups is 2. The van der Waals surface area contributed by atoms with Crippen LogP contribution < -0.4 is 5.32 Å². The summed E-state index contributed by atoms with van der Waals surface area (Å²) in [6.07, 6.45) is 1.34. The second-order valence-corrected chi connectivity index (χ2v) is 5.14. The Hall–Kier alpha value is -2.08. The average molecular weight is 292 g/mol. The monoisotopic (exact) mass is 292 g/mol. The van der Waals surface area contributed by atoms with Crippen LogP contribution in [-0.4, -0.2) is 42.2 Å². The van der Waals surface area contributed by atoms with E-state index in [0.717, 1.165) is 5.56 Å². The van der Waals surface area contributed by atoms with Crippen LogP contribution in [0.3, 0.4) is 0 Å².